The number of aliphatic hydroxyl groups excluding tert-OH is 1. The summed E-state index contributed by atoms with van der Waals surface area (Å²) in [5.41, 5.74) is 2.21. The highest BCUT2D eigenvalue weighted by Crippen LogP contribution is 2.20. The second kappa shape index (κ2) is 6.95. The lowest BCUT2D eigenvalue weighted by atomic mass is 10.2. The summed E-state index contributed by atoms with van der Waals surface area (Å²) in [4.78, 5) is 1.20. The third-order valence-corrected chi connectivity index (χ3v) is 4.26. The summed E-state index contributed by atoms with van der Waals surface area (Å²) in [6.45, 7) is 6.27. The molecule has 1 aromatic carbocycles. The molecule has 0 saturated heterocycles. The number of rotatable bonds is 6. The number of aromatic nitrogens is 2. The number of hydrogen-bond donors (Lipinski definition) is 1. The smallest absolute Gasteiger partial charge is 0.0690 e. The fourth-order valence-corrected chi connectivity index (χ4v) is 2.73. The summed E-state index contributed by atoms with van der Waals surface area (Å²) < 4.78 is 1.93. The van der Waals surface area contributed by atoms with Crippen molar-refractivity contribution >= 4 is 11.8 Å². The quantitative estimate of drug-likeness (QED) is 0.828. The van der Waals surface area contributed by atoms with Crippen molar-refractivity contribution < 1.29 is 5.11 Å². The Balaban J connectivity index is 1.82. The lowest BCUT2D eigenvalue weighted by Crippen LogP contribution is -2.14. The summed E-state index contributed by atoms with van der Waals surface area (Å²) in [7, 11) is 0. The molecule has 4 heteroatoms. The molecule has 3 nitrogen and oxygen atoms in total. The standard InChI is InChI=1S/C16H22N2OS/c1-12(2)18-9-8-14(17-18)10-15(19)11-20-16-6-4-13(3)5-7-16/h4-9,12,15,19H,10-11H2,1-3H3. The van der Waals surface area contributed by atoms with Crippen molar-refractivity contribution in [3.05, 3.63) is 47.8 Å². The predicted octanol–water partition coefficient (Wildman–Crippen LogP) is 3.47. The van der Waals surface area contributed by atoms with E-state index in [0.717, 1.165) is 5.69 Å². The molecule has 1 aromatic heterocycles. The molecule has 1 atom stereocenters. The Hall–Kier alpha value is -1.26. The zero-order valence-corrected chi connectivity index (χ0v) is 13.1. The van der Waals surface area contributed by atoms with Crippen molar-refractivity contribution in [3.63, 3.8) is 0 Å². The van der Waals surface area contributed by atoms with Gasteiger partial charge in [-0.1, -0.05) is 17.7 Å². The molecule has 108 valence electrons. The van der Waals surface area contributed by atoms with Crippen molar-refractivity contribution in [1.82, 2.24) is 9.78 Å². The summed E-state index contributed by atoms with van der Waals surface area (Å²) in [6.07, 6.45) is 2.22. The van der Waals surface area contributed by atoms with Gasteiger partial charge in [-0.3, -0.25) is 4.68 Å². The zero-order chi connectivity index (χ0) is 14.5. The van der Waals surface area contributed by atoms with E-state index in [1.807, 2.05) is 16.9 Å². The minimum absolute atomic E-state index is 0.364. The van der Waals surface area contributed by atoms with Crippen LogP contribution in [-0.4, -0.2) is 26.7 Å². The third kappa shape index (κ3) is 4.39. The molecule has 0 radical (unpaired) electrons. The topological polar surface area (TPSA) is 38.0 Å². The van der Waals surface area contributed by atoms with Crippen LogP contribution >= 0.6 is 11.8 Å². The molecule has 0 aliphatic rings. The molecule has 2 aromatic rings. The van der Waals surface area contributed by atoms with E-state index in [4.69, 9.17) is 0 Å². The second-order valence-corrected chi connectivity index (χ2v) is 6.46. The maximum atomic E-state index is 10.1. The van der Waals surface area contributed by atoms with Crippen LogP contribution in [0.5, 0.6) is 0 Å². The van der Waals surface area contributed by atoms with E-state index in [-0.39, 0.29) is 6.10 Å². The molecule has 20 heavy (non-hydrogen) atoms. The highest BCUT2D eigenvalue weighted by atomic mass is 32.2. The van der Waals surface area contributed by atoms with Crippen LogP contribution in [0.4, 0.5) is 0 Å². The van der Waals surface area contributed by atoms with Crippen LogP contribution in [0.25, 0.3) is 0 Å². The van der Waals surface area contributed by atoms with E-state index < -0.39 is 0 Å². The van der Waals surface area contributed by atoms with E-state index in [9.17, 15) is 5.11 Å². The van der Waals surface area contributed by atoms with Crippen molar-refractivity contribution in [1.29, 1.82) is 0 Å². The molecule has 0 aliphatic heterocycles. The molecule has 0 amide bonds. The average molecular weight is 290 g/mol. The van der Waals surface area contributed by atoms with Crippen LogP contribution in [0.1, 0.15) is 31.1 Å². The second-order valence-electron chi connectivity index (χ2n) is 5.36. The minimum atomic E-state index is -0.364. The maximum absolute atomic E-state index is 10.1. The largest absolute Gasteiger partial charge is 0.392 e. The van der Waals surface area contributed by atoms with Gasteiger partial charge in [0.1, 0.15) is 0 Å². The van der Waals surface area contributed by atoms with E-state index in [0.29, 0.717) is 18.2 Å². The number of aryl methyl sites for hydroxylation is 1. The molecule has 0 saturated carbocycles. The van der Waals surface area contributed by atoms with Crippen molar-refractivity contribution in [2.24, 2.45) is 0 Å². The van der Waals surface area contributed by atoms with Crippen LogP contribution in [0.15, 0.2) is 41.4 Å². The van der Waals surface area contributed by atoms with Gasteiger partial charge in [-0.25, -0.2) is 0 Å². The number of nitrogens with zero attached hydrogens (tertiary/aromatic N) is 2. The maximum Gasteiger partial charge on any atom is 0.0690 e. The fourth-order valence-electron chi connectivity index (χ4n) is 1.90. The number of benzene rings is 1. The first-order valence-electron chi connectivity index (χ1n) is 6.96. The SMILES string of the molecule is Cc1ccc(SCC(O)Cc2ccn(C(C)C)n2)cc1. The zero-order valence-electron chi connectivity index (χ0n) is 12.3. The normalized spacial score (nSPS) is 12.8. The van der Waals surface area contributed by atoms with Crippen molar-refractivity contribution in [2.45, 2.75) is 44.2 Å². The number of aliphatic hydroxyl groups is 1. The van der Waals surface area contributed by atoms with Gasteiger partial charge in [0.2, 0.25) is 0 Å². The fraction of sp³-hybridized carbons (Fsp3) is 0.438. The summed E-state index contributed by atoms with van der Waals surface area (Å²) in [5.74, 6) is 0.692. The Morgan fingerprint density at radius 3 is 2.50 bits per heavy atom. The Kier molecular flexibility index (Phi) is 5.26. The molecule has 0 spiro atoms. The van der Waals surface area contributed by atoms with E-state index in [1.54, 1.807) is 11.8 Å². The van der Waals surface area contributed by atoms with Gasteiger partial charge in [-0.05, 0) is 39.0 Å². The highest BCUT2D eigenvalue weighted by Gasteiger charge is 2.09. The van der Waals surface area contributed by atoms with E-state index in [1.165, 1.54) is 10.5 Å². The monoisotopic (exact) mass is 290 g/mol. The Morgan fingerprint density at radius 1 is 1.20 bits per heavy atom. The molecular weight excluding hydrogens is 268 g/mol. The predicted molar refractivity (Wildman–Crippen MR) is 84.2 cm³/mol. The third-order valence-electron chi connectivity index (χ3n) is 3.10. The highest BCUT2D eigenvalue weighted by molar-refractivity contribution is 7.99. The molecule has 0 aliphatic carbocycles. The average Bonchev–Trinajstić information content (AvgIpc) is 2.87. The number of hydrogen-bond acceptors (Lipinski definition) is 3. The van der Waals surface area contributed by atoms with Gasteiger partial charge in [0.25, 0.3) is 0 Å². The van der Waals surface area contributed by atoms with Gasteiger partial charge in [0, 0.05) is 29.3 Å². The summed E-state index contributed by atoms with van der Waals surface area (Å²) in [6, 6.07) is 10.7. The lowest BCUT2D eigenvalue weighted by molar-refractivity contribution is 0.198. The van der Waals surface area contributed by atoms with Gasteiger partial charge >= 0.3 is 0 Å². The summed E-state index contributed by atoms with van der Waals surface area (Å²) in [5, 5.41) is 14.6. The first-order chi connectivity index (χ1) is 9.54. The molecule has 2 rings (SSSR count). The Morgan fingerprint density at radius 2 is 1.90 bits per heavy atom. The molecular formula is C16H22N2OS. The van der Waals surface area contributed by atoms with Gasteiger partial charge < -0.3 is 5.11 Å². The Labute approximate surface area is 125 Å². The van der Waals surface area contributed by atoms with Crippen molar-refractivity contribution in [3.8, 4) is 0 Å². The minimum Gasteiger partial charge on any atom is -0.392 e. The van der Waals surface area contributed by atoms with Gasteiger partial charge in [0.05, 0.1) is 11.8 Å². The number of thioether (sulfide) groups is 1. The molecule has 1 unspecified atom stereocenters. The molecule has 1 heterocycles. The molecule has 0 fully saturated rings. The van der Waals surface area contributed by atoms with Gasteiger partial charge in [-0.2, -0.15) is 5.10 Å². The lowest BCUT2D eigenvalue weighted by Gasteiger charge is -2.09. The molecule has 0 bridgehead atoms. The van der Waals surface area contributed by atoms with Gasteiger partial charge in [0.15, 0.2) is 0 Å². The van der Waals surface area contributed by atoms with Crippen LogP contribution in [-0.2, 0) is 6.42 Å². The molecule has 1 N–H and O–H groups in total. The van der Waals surface area contributed by atoms with Crippen LogP contribution in [0.2, 0.25) is 0 Å². The first kappa shape index (κ1) is 15.1. The van der Waals surface area contributed by atoms with Crippen LogP contribution in [0.3, 0.4) is 0 Å². The van der Waals surface area contributed by atoms with E-state index in [2.05, 4.69) is 50.1 Å². The summed E-state index contributed by atoms with van der Waals surface area (Å²) >= 11 is 1.68. The first-order valence-corrected chi connectivity index (χ1v) is 7.94. The van der Waals surface area contributed by atoms with Gasteiger partial charge in [-0.15, -0.1) is 11.8 Å². The van der Waals surface area contributed by atoms with Crippen LogP contribution in [0, 0.1) is 6.92 Å². The van der Waals surface area contributed by atoms with Crippen molar-refractivity contribution in [2.75, 3.05) is 5.75 Å². The van der Waals surface area contributed by atoms with E-state index >= 15 is 0 Å². The Bertz CT molecular complexity index is 534. The van der Waals surface area contributed by atoms with Crippen LogP contribution < -0.4 is 0 Å².